The first kappa shape index (κ1) is 22.9. The molecular weight excluding hydrogens is 348 g/mol. The van der Waals surface area contributed by atoms with Crippen molar-refractivity contribution < 1.29 is 14.6 Å². The standard InChI is InChI=1S/C25H40O3/c1-18(11-7-13-21-17-23(26)28-24(21)27)9-6-10-19(2)14-15-22-20(3)12-8-16-25(22,4)5/h10-11,21,24,27H,6-9,12-17H2,1-5H3/b18-11+,19-10+/t21?,24-/m0/s1. The van der Waals surface area contributed by atoms with Crippen LogP contribution in [-0.4, -0.2) is 17.4 Å². The number of ether oxygens (including phenoxy) is 1. The number of allylic oxidation sites excluding steroid dienone is 6. The Kier molecular flexibility index (Phi) is 8.55. The number of hydrogen-bond acceptors (Lipinski definition) is 3. The zero-order valence-corrected chi connectivity index (χ0v) is 18.6. The van der Waals surface area contributed by atoms with Gasteiger partial charge in [-0.1, -0.05) is 48.3 Å². The average Bonchev–Trinajstić information content (AvgIpc) is 2.91. The molecule has 158 valence electrons. The van der Waals surface area contributed by atoms with Crippen molar-refractivity contribution in [2.45, 2.75) is 105 Å². The molecule has 2 aliphatic rings. The molecule has 1 saturated heterocycles. The third-order valence-electron chi connectivity index (χ3n) is 6.60. The molecule has 1 unspecified atom stereocenters. The zero-order valence-electron chi connectivity index (χ0n) is 18.6. The van der Waals surface area contributed by atoms with Crippen LogP contribution in [0.4, 0.5) is 0 Å². The monoisotopic (exact) mass is 388 g/mol. The van der Waals surface area contributed by atoms with Gasteiger partial charge in [-0.2, -0.15) is 0 Å². The Hall–Kier alpha value is -1.35. The fourth-order valence-corrected chi connectivity index (χ4v) is 4.68. The van der Waals surface area contributed by atoms with Gasteiger partial charge in [-0.05, 0) is 84.0 Å². The summed E-state index contributed by atoms with van der Waals surface area (Å²) in [5, 5.41) is 9.65. The third-order valence-corrected chi connectivity index (χ3v) is 6.60. The van der Waals surface area contributed by atoms with Crippen LogP contribution in [0.15, 0.2) is 34.4 Å². The van der Waals surface area contributed by atoms with Crippen LogP contribution >= 0.6 is 0 Å². The Morgan fingerprint density at radius 1 is 1.18 bits per heavy atom. The summed E-state index contributed by atoms with van der Waals surface area (Å²) in [7, 11) is 0. The second-order valence-electron chi connectivity index (χ2n) is 9.56. The number of carbonyl (C=O) groups is 1. The lowest BCUT2D eigenvalue weighted by atomic mass is 9.71. The van der Waals surface area contributed by atoms with Crippen LogP contribution < -0.4 is 0 Å². The molecule has 3 heteroatoms. The van der Waals surface area contributed by atoms with Crippen LogP contribution in [0.1, 0.15) is 98.8 Å². The molecule has 1 fully saturated rings. The van der Waals surface area contributed by atoms with Gasteiger partial charge in [-0.25, -0.2) is 0 Å². The highest BCUT2D eigenvalue weighted by atomic mass is 16.6. The van der Waals surface area contributed by atoms with Gasteiger partial charge in [-0.15, -0.1) is 0 Å². The van der Waals surface area contributed by atoms with Gasteiger partial charge in [0.1, 0.15) is 0 Å². The Labute approximate surface area is 171 Å². The van der Waals surface area contributed by atoms with Gasteiger partial charge in [0.2, 0.25) is 6.29 Å². The number of hydrogen-bond donors (Lipinski definition) is 1. The molecule has 0 radical (unpaired) electrons. The zero-order chi connectivity index (χ0) is 20.7. The molecule has 0 amide bonds. The quantitative estimate of drug-likeness (QED) is 0.356. The van der Waals surface area contributed by atoms with Gasteiger partial charge in [-0.3, -0.25) is 4.79 Å². The predicted octanol–water partition coefficient (Wildman–Crippen LogP) is 6.63. The number of aliphatic hydroxyl groups excluding tert-OH is 1. The van der Waals surface area contributed by atoms with Gasteiger partial charge in [0, 0.05) is 5.92 Å². The number of aliphatic hydroxyl groups is 1. The Morgan fingerprint density at radius 3 is 2.50 bits per heavy atom. The highest BCUT2D eigenvalue weighted by Gasteiger charge is 2.32. The van der Waals surface area contributed by atoms with E-state index < -0.39 is 6.29 Å². The molecule has 28 heavy (non-hydrogen) atoms. The van der Waals surface area contributed by atoms with Crippen LogP contribution in [0.5, 0.6) is 0 Å². The van der Waals surface area contributed by atoms with Gasteiger partial charge in [0.15, 0.2) is 0 Å². The van der Waals surface area contributed by atoms with E-state index in [-0.39, 0.29) is 11.9 Å². The van der Waals surface area contributed by atoms with Crippen molar-refractivity contribution in [3.63, 3.8) is 0 Å². The molecule has 1 N–H and O–H groups in total. The highest BCUT2D eigenvalue weighted by molar-refractivity contribution is 5.71. The first-order valence-corrected chi connectivity index (χ1v) is 11.1. The number of rotatable bonds is 9. The summed E-state index contributed by atoms with van der Waals surface area (Å²) < 4.78 is 4.79. The fraction of sp³-hybridized carbons (Fsp3) is 0.720. The van der Waals surface area contributed by atoms with Gasteiger partial charge >= 0.3 is 5.97 Å². The molecule has 0 bridgehead atoms. The Bertz CT molecular complexity index is 636. The maximum absolute atomic E-state index is 11.2. The van der Waals surface area contributed by atoms with E-state index in [1.807, 2.05) is 0 Å². The minimum Gasteiger partial charge on any atom is -0.436 e. The van der Waals surface area contributed by atoms with Crippen LogP contribution in [0, 0.1) is 11.3 Å². The molecule has 1 aliphatic heterocycles. The van der Waals surface area contributed by atoms with E-state index in [4.69, 9.17) is 4.74 Å². The number of cyclic esters (lactones) is 1. The first-order chi connectivity index (χ1) is 13.2. The number of esters is 1. The highest BCUT2D eigenvalue weighted by Crippen LogP contribution is 2.42. The molecule has 1 aliphatic carbocycles. The molecule has 0 saturated carbocycles. The van der Waals surface area contributed by atoms with Gasteiger partial charge in [0.25, 0.3) is 0 Å². The second kappa shape index (κ2) is 10.4. The number of carbonyl (C=O) groups excluding carboxylic acids is 1. The van der Waals surface area contributed by atoms with E-state index in [1.54, 1.807) is 11.1 Å². The van der Waals surface area contributed by atoms with E-state index >= 15 is 0 Å². The van der Waals surface area contributed by atoms with Crippen molar-refractivity contribution in [3.05, 3.63) is 34.4 Å². The summed E-state index contributed by atoms with van der Waals surface area (Å²) in [6.07, 6.45) is 14.3. The van der Waals surface area contributed by atoms with Crippen molar-refractivity contribution in [2.75, 3.05) is 0 Å². The predicted molar refractivity (Wildman–Crippen MR) is 116 cm³/mol. The molecule has 2 rings (SSSR count). The molecule has 0 aromatic heterocycles. The van der Waals surface area contributed by atoms with E-state index in [9.17, 15) is 9.90 Å². The SMILES string of the molecule is CC1=C(CC/C(C)=C/CC/C(C)=C/CCC2CC(=O)O[C@@H]2O)C(C)(C)CCC1. The Balaban J connectivity index is 1.70. The van der Waals surface area contributed by atoms with E-state index in [2.05, 4.69) is 46.8 Å². The van der Waals surface area contributed by atoms with E-state index in [1.165, 1.54) is 43.3 Å². The molecular formula is C25H40O3. The molecule has 1 heterocycles. The molecule has 0 spiro atoms. The van der Waals surface area contributed by atoms with Crippen LogP contribution in [0.3, 0.4) is 0 Å². The molecule has 0 aromatic carbocycles. The minimum atomic E-state index is -0.903. The van der Waals surface area contributed by atoms with Crippen molar-refractivity contribution >= 4 is 5.97 Å². The summed E-state index contributed by atoms with van der Waals surface area (Å²) in [4.78, 5) is 11.2. The summed E-state index contributed by atoms with van der Waals surface area (Å²) >= 11 is 0. The van der Waals surface area contributed by atoms with E-state index in [0.717, 1.165) is 25.7 Å². The van der Waals surface area contributed by atoms with Crippen molar-refractivity contribution in [1.29, 1.82) is 0 Å². The average molecular weight is 389 g/mol. The first-order valence-electron chi connectivity index (χ1n) is 11.1. The van der Waals surface area contributed by atoms with Gasteiger partial charge in [0.05, 0.1) is 6.42 Å². The summed E-state index contributed by atoms with van der Waals surface area (Å²) in [6.45, 7) is 11.6. The lowest BCUT2D eigenvalue weighted by Gasteiger charge is -2.35. The summed E-state index contributed by atoms with van der Waals surface area (Å²) in [5.74, 6) is -0.318. The minimum absolute atomic E-state index is 0.0412. The van der Waals surface area contributed by atoms with Crippen molar-refractivity contribution in [3.8, 4) is 0 Å². The largest absolute Gasteiger partial charge is 0.436 e. The van der Waals surface area contributed by atoms with Crippen molar-refractivity contribution in [2.24, 2.45) is 11.3 Å². The lowest BCUT2D eigenvalue weighted by molar-refractivity contribution is -0.156. The molecule has 3 nitrogen and oxygen atoms in total. The summed E-state index contributed by atoms with van der Waals surface area (Å²) in [6, 6.07) is 0. The maximum atomic E-state index is 11.2. The maximum Gasteiger partial charge on any atom is 0.308 e. The van der Waals surface area contributed by atoms with Crippen LogP contribution in [0.25, 0.3) is 0 Å². The summed E-state index contributed by atoms with van der Waals surface area (Å²) in [5.41, 5.74) is 6.58. The molecule has 0 aromatic rings. The van der Waals surface area contributed by atoms with Gasteiger partial charge < -0.3 is 9.84 Å². The topological polar surface area (TPSA) is 46.5 Å². The second-order valence-corrected chi connectivity index (χ2v) is 9.56. The molecule has 2 atom stereocenters. The fourth-order valence-electron chi connectivity index (χ4n) is 4.68. The van der Waals surface area contributed by atoms with E-state index in [0.29, 0.717) is 11.8 Å². The van der Waals surface area contributed by atoms with Crippen LogP contribution in [-0.2, 0) is 9.53 Å². The lowest BCUT2D eigenvalue weighted by Crippen LogP contribution is -2.20. The van der Waals surface area contributed by atoms with Crippen molar-refractivity contribution in [1.82, 2.24) is 0 Å². The smallest absolute Gasteiger partial charge is 0.308 e. The third kappa shape index (κ3) is 6.92. The van der Waals surface area contributed by atoms with Crippen LogP contribution in [0.2, 0.25) is 0 Å². The Morgan fingerprint density at radius 2 is 1.86 bits per heavy atom. The normalized spacial score (nSPS) is 26.0.